The van der Waals surface area contributed by atoms with Crippen LogP contribution >= 0.6 is 0 Å². The van der Waals surface area contributed by atoms with E-state index in [-0.39, 0.29) is 12.6 Å². The number of guanidine groups is 1. The van der Waals surface area contributed by atoms with E-state index in [2.05, 4.69) is 10.3 Å². The van der Waals surface area contributed by atoms with Gasteiger partial charge in [-0.3, -0.25) is 10.3 Å². The summed E-state index contributed by atoms with van der Waals surface area (Å²) in [5.74, 6) is 0.209. The third-order valence-corrected chi connectivity index (χ3v) is 1.61. The van der Waals surface area contributed by atoms with Crippen LogP contribution in [0.4, 0.5) is 0 Å². The lowest BCUT2D eigenvalue weighted by Crippen LogP contribution is -2.41. The summed E-state index contributed by atoms with van der Waals surface area (Å²) in [4.78, 5) is 5.38. The van der Waals surface area contributed by atoms with Gasteiger partial charge in [-0.2, -0.15) is 0 Å². The molecule has 0 unspecified atom stereocenters. The minimum atomic E-state index is 0.0846. The zero-order chi connectivity index (χ0) is 10.8. The van der Waals surface area contributed by atoms with Crippen molar-refractivity contribution < 1.29 is 5.11 Å². The Morgan fingerprint density at radius 1 is 1.57 bits per heavy atom. The summed E-state index contributed by atoms with van der Waals surface area (Å²) in [6.45, 7) is 2.27. The Bertz CT molecular complexity index is 183. The molecule has 0 spiro atoms. The van der Waals surface area contributed by atoms with Crippen molar-refractivity contribution in [1.29, 1.82) is 5.41 Å². The Kier molecular flexibility index (Phi) is 7.71. The van der Waals surface area contributed by atoms with Gasteiger partial charge in [0.25, 0.3) is 0 Å². The van der Waals surface area contributed by atoms with Crippen LogP contribution in [0.25, 0.3) is 0 Å². The molecule has 82 valence electrons. The molecule has 0 heterocycles. The number of nitrogens with two attached hydrogens (primary N) is 2. The molecule has 0 fully saturated rings. The Balaban J connectivity index is 3.59. The van der Waals surface area contributed by atoms with Crippen molar-refractivity contribution >= 4 is 12.3 Å². The van der Waals surface area contributed by atoms with Crippen LogP contribution < -0.4 is 16.8 Å². The molecule has 0 aromatic carbocycles. The van der Waals surface area contributed by atoms with Gasteiger partial charge in [0, 0.05) is 26.3 Å². The molecular formula is C7H18N6O. The van der Waals surface area contributed by atoms with Crippen LogP contribution in [0.2, 0.25) is 0 Å². The minimum Gasteiger partial charge on any atom is -0.395 e. The van der Waals surface area contributed by atoms with Crippen LogP contribution in [-0.2, 0) is 0 Å². The molecule has 0 aromatic heterocycles. The van der Waals surface area contributed by atoms with Gasteiger partial charge >= 0.3 is 0 Å². The number of aliphatic imine (C=N–C) groups is 1. The fourth-order valence-electron chi connectivity index (χ4n) is 0.893. The van der Waals surface area contributed by atoms with Gasteiger partial charge in [0.2, 0.25) is 0 Å². The second-order valence-corrected chi connectivity index (χ2v) is 2.59. The summed E-state index contributed by atoms with van der Waals surface area (Å²) in [6.07, 6.45) is 0.872. The standard InChI is InChI=1S/C7H18N6O/c8-5-12-7(10)11-1-2-13(6-9)3-4-14/h5,14H,1-4,6,9H2,(H4,8,10,11,12). The first-order valence-electron chi connectivity index (χ1n) is 4.34. The first kappa shape index (κ1) is 12.8. The van der Waals surface area contributed by atoms with E-state index in [9.17, 15) is 0 Å². The summed E-state index contributed by atoms with van der Waals surface area (Å²) in [5, 5.41) is 18.1. The molecule has 0 aliphatic rings. The molecule has 0 saturated carbocycles. The largest absolute Gasteiger partial charge is 0.395 e. The quantitative estimate of drug-likeness (QED) is 0.180. The third-order valence-electron chi connectivity index (χ3n) is 1.61. The van der Waals surface area contributed by atoms with Crippen molar-refractivity contribution in [2.45, 2.75) is 0 Å². The Morgan fingerprint density at radius 3 is 2.79 bits per heavy atom. The third kappa shape index (κ3) is 6.35. The van der Waals surface area contributed by atoms with Crippen LogP contribution in [-0.4, -0.2) is 55.2 Å². The molecule has 7 N–H and O–H groups in total. The van der Waals surface area contributed by atoms with E-state index < -0.39 is 0 Å². The predicted molar refractivity (Wildman–Crippen MR) is 56.1 cm³/mol. The van der Waals surface area contributed by atoms with E-state index in [4.69, 9.17) is 22.0 Å². The number of nitrogens with zero attached hydrogens (tertiary/aromatic N) is 2. The highest BCUT2D eigenvalue weighted by molar-refractivity contribution is 5.84. The number of aliphatic hydroxyl groups excluding tert-OH is 1. The van der Waals surface area contributed by atoms with E-state index in [1.54, 1.807) is 0 Å². The Labute approximate surface area is 83.3 Å². The van der Waals surface area contributed by atoms with Crippen LogP contribution in [0.5, 0.6) is 0 Å². The van der Waals surface area contributed by atoms with E-state index in [1.807, 2.05) is 4.90 Å². The van der Waals surface area contributed by atoms with Crippen LogP contribution in [0.3, 0.4) is 0 Å². The van der Waals surface area contributed by atoms with Crippen LogP contribution in [0, 0.1) is 5.41 Å². The molecule has 0 amide bonds. The average molecular weight is 202 g/mol. The molecule has 14 heavy (non-hydrogen) atoms. The fraction of sp³-hybridized carbons (Fsp3) is 0.714. The molecule has 0 aliphatic heterocycles. The van der Waals surface area contributed by atoms with E-state index in [0.717, 1.165) is 6.34 Å². The highest BCUT2D eigenvalue weighted by atomic mass is 16.3. The molecule has 0 radical (unpaired) electrons. The molecular weight excluding hydrogens is 184 g/mol. The van der Waals surface area contributed by atoms with Crippen LogP contribution in [0.15, 0.2) is 4.99 Å². The lowest BCUT2D eigenvalue weighted by atomic mass is 10.5. The molecule has 0 atom stereocenters. The first-order chi connectivity index (χ1) is 6.74. The highest BCUT2D eigenvalue weighted by Crippen LogP contribution is 1.81. The van der Waals surface area contributed by atoms with Gasteiger partial charge in [-0.1, -0.05) is 0 Å². The molecule has 7 heteroatoms. The SMILES string of the molecule is N=C/N=C(\N)NCCN(CN)CCO. The molecule has 7 nitrogen and oxygen atoms in total. The van der Waals surface area contributed by atoms with Gasteiger partial charge < -0.3 is 21.9 Å². The fourth-order valence-corrected chi connectivity index (χ4v) is 0.893. The average Bonchev–Trinajstić information content (AvgIpc) is 2.17. The molecule has 0 aliphatic carbocycles. The number of nitrogens with one attached hydrogen (secondary N) is 2. The van der Waals surface area contributed by atoms with Gasteiger partial charge in [0.05, 0.1) is 6.61 Å². The first-order valence-corrected chi connectivity index (χ1v) is 4.34. The predicted octanol–water partition coefficient (Wildman–Crippen LogP) is -2.29. The number of hydrogen-bond donors (Lipinski definition) is 5. The highest BCUT2D eigenvalue weighted by Gasteiger charge is 2.00. The van der Waals surface area contributed by atoms with Crippen molar-refractivity contribution in [1.82, 2.24) is 10.2 Å². The number of aliphatic hydroxyl groups is 1. The summed E-state index contributed by atoms with van der Waals surface area (Å²) in [5.41, 5.74) is 10.8. The van der Waals surface area contributed by atoms with Crippen molar-refractivity contribution in [3.8, 4) is 0 Å². The lowest BCUT2D eigenvalue weighted by Gasteiger charge is -2.18. The minimum absolute atomic E-state index is 0.0846. The van der Waals surface area contributed by atoms with Gasteiger partial charge in [0.15, 0.2) is 5.96 Å². The molecule has 0 saturated heterocycles. The van der Waals surface area contributed by atoms with E-state index in [0.29, 0.717) is 26.3 Å². The van der Waals surface area contributed by atoms with Crippen molar-refractivity contribution in [3.63, 3.8) is 0 Å². The Morgan fingerprint density at radius 2 is 2.29 bits per heavy atom. The van der Waals surface area contributed by atoms with Gasteiger partial charge in [-0.25, -0.2) is 4.99 Å². The van der Waals surface area contributed by atoms with Gasteiger partial charge in [-0.15, -0.1) is 0 Å². The van der Waals surface area contributed by atoms with Crippen molar-refractivity contribution in [2.75, 3.05) is 32.9 Å². The van der Waals surface area contributed by atoms with E-state index in [1.165, 1.54) is 0 Å². The molecule has 0 aromatic rings. The maximum absolute atomic E-state index is 8.66. The zero-order valence-electron chi connectivity index (χ0n) is 8.11. The molecule has 0 rings (SSSR count). The lowest BCUT2D eigenvalue weighted by molar-refractivity contribution is 0.201. The second-order valence-electron chi connectivity index (χ2n) is 2.59. The normalized spacial score (nSPS) is 11.8. The monoisotopic (exact) mass is 202 g/mol. The summed E-state index contributed by atoms with van der Waals surface area (Å²) in [6, 6.07) is 0. The number of hydrogen-bond acceptors (Lipinski definition) is 4. The second kappa shape index (κ2) is 8.42. The van der Waals surface area contributed by atoms with Crippen LogP contribution in [0.1, 0.15) is 0 Å². The van der Waals surface area contributed by atoms with Crippen molar-refractivity contribution in [2.24, 2.45) is 16.5 Å². The molecule has 0 bridgehead atoms. The maximum Gasteiger partial charge on any atom is 0.194 e. The van der Waals surface area contributed by atoms with Gasteiger partial charge in [-0.05, 0) is 0 Å². The smallest absolute Gasteiger partial charge is 0.194 e. The summed E-state index contributed by atoms with van der Waals surface area (Å²) >= 11 is 0. The van der Waals surface area contributed by atoms with Crippen molar-refractivity contribution in [3.05, 3.63) is 0 Å². The zero-order valence-corrected chi connectivity index (χ0v) is 8.11. The topological polar surface area (TPSA) is 124 Å². The number of rotatable bonds is 7. The Hall–Kier alpha value is -1.18. The summed E-state index contributed by atoms with van der Waals surface area (Å²) < 4.78 is 0. The van der Waals surface area contributed by atoms with E-state index >= 15 is 0 Å². The van der Waals surface area contributed by atoms with Gasteiger partial charge in [0.1, 0.15) is 6.34 Å². The summed E-state index contributed by atoms with van der Waals surface area (Å²) in [7, 11) is 0. The maximum atomic E-state index is 8.66.